The molecular formula is C12H13ClN2O4S. The van der Waals surface area contributed by atoms with Crippen molar-refractivity contribution in [3.63, 3.8) is 0 Å². The lowest BCUT2D eigenvalue weighted by atomic mass is 10.3. The number of H-pyrrole nitrogens is 1. The summed E-state index contributed by atoms with van der Waals surface area (Å²) in [6, 6.07) is 5.96. The molecule has 0 radical (unpaired) electrons. The molecule has 0 aliphatic carbocycles. The van der Waals surface area contributed by atoms with Crippen molar-refractivity contribution in [2.75, 3.05) is 11.8 Å². The molecule has 0 saturated heterocycles. The van der Waals surface area contributed by atoms with E-state index in [2.05, 4.69) is 9.71 Å². The van der Waals surface area contributed by atoms with Gasteiger partial charge in [-0.15, -0.1) is 0 Å². The summed E-state index contributed by atoms with van der Waals surface area (Å²) in [6.45, 7) is -0.268. The van der Waals surface area contributed by atoms with Gasteiger partial charge in [-0.2, -0.15) is 0 Å². The van der Waals surface area contributed by atoms with Crippen LogP contribution in [0.4, 0.5) is 5.69 Å². The van der Waals surface area contributed by atoms with E-state index in [0.29, 0.717) is 16.5 Å². The molecule has 2 aromatic rings. The lowest BCUT2D eigenvalue weighted by Gasteiger charge is -2.11. The van der Waals surface area contributed by atoms with Crippen LogP contribution >= 0.6 is 11.6 Å². The highest BCUT2D eigenvalue weighted by molar-refractivity contribution is 7.92. The quantitative estimate of drug-likeness (QED) is 0.786. The average Bonchev–Trinajstić information content (AvgIpc) is 2.88. The van der Waals surface area contributed by atoms with Gasteiger partial charge in [-0.25, -0.2) is 8.42 Å². The van der Waals surface area contributed by atoms with Crippen LogP contribution in [0.2, 0.25) is 5.02 Å². The first-order valence-corrected chi connectivity index (χ1v) is 7.47. The molecule has 0 fully saturated rings. The second-order valence-electron chi connectivity index (χ2n) is 3.97. The number of aromatic amines is 1. The van der Waals surface area contributed by atoms with Gasteiger partial charge in [-0.1, -0.05) is 11.6 Å². The molecule has 20 heavy (non-hydrogen) atoms. The lowest BCUT2D eigenvalue weighted by Crippen LogP contribution is -2.13. The maximum Gasteiger partial charge on any atom is 0.263 e. The number of nitrogens with one attached hydrogen (secondary N) is 2. The Labute approximate surface area is 121 Å². The predicted octanol–water partition coefficient (Wildman–Crippen LogP) is 1.97. The molecule has 1 aromatic heterocycles. The second-order valence-corrected chi connectivity index (χ2v) is 6.09. The average molecular weight is 317 g/mol. The molecule has 0 bridgehead atoms. The largest absolute Gasteiger partial charge is 0.495 e. The smallest absolute Gasteiger partial charge is 0.263 e. The monoisotopic (exact) mass is 316 g/mol. The van der Waals surface area contributed by atoms with Gasteiger partial charge >= 0.3 is 0 Å². The Morgan fingerprint density at radius 2 is 2.15 bits per heavy atom. The lowest BCUT2D eigenvalue weighted by molar-refractivity contribution is 0.277. The van der Waals surface area contributed by atoms with Crippen LogP contribution in [-0.4, -0.2) is 25.6 Å². The number of aliphatic hydroxyl groups excluding tert-OH is 1. The SMILES string of the molecule is COc1ccc(Cl)cc1NS(=O)(=O)c1c[nH]c(CO)c1. The zero-order valence-corrected chi connectivity index (χ0v) is 12.1. The van der Waals surface area contributed by atoms with Gasteiger partial charge in [-0.05, 0) is 24.3 Å². The Morgan fingerprint density at radius 3 is 2.75 bits per heavy atom. The Bertz CT molecular complexity index is 712. The van der Waals surface area contributed by atoms with E-state index in [-0.39, 0.29) is 17.2 Å². The van der Waals surface area contributed by atoms with Gasteiger partial charge in [0.05, 0.1) is 19.4 Å². The summed E-state index contributed by atoms with van der Waals surface area (Å²) in [6.07, 6.45) is 1.30. The normalized spacial score (nSPS) is 11.3. The van der Waals surface area contributed by atoms with Crippen molar-refractivity contribution in [3.05, 3.63) is 41.2 Å². The number of benzene rings is 1. The molecule has 0 amide bonds. The van der Waals surface area contributed by atoms with E-state index in [9.17, 15) is 8.42 Å². The Balaban J connectivity index is 2.35. The minimum Gasteiger partial charge on any atom is -0.495 e. The molecule has 108 valence electrons. The molecule has 1 heterocycles. The third-order valence-corrected chi connectivity index (χ3v) is 4.18. The second kappa shape index (κ2) is 5.74. The summed E-state index contributed by atoms with van der Waals surface area (Å²) in [5.41, 5.74) is 0.648. The Kier molecular flexibility index (Phi) is 4.22. The number of rotatable bonds is 5. The third-order valence-electron chi connectivity index (χ3n) is 2.60. The molecule has 6 nitrogen and oxygen atoms in total. The highest BCUT2D eigenvalue weighted by atomic mass is 35.5. The van der Waals surface area contributed by atoms with E-state index >= 15 is 0 Å². The van der Waals surface area contributed by atoms with Crippen molar-refractivity contribution in [1.82, 2.24) is 4.98 Å². The number of methoxy groups -OCH3 is 1. The Hall–Kier alpha value is -1.70. The number of ether oxygens (including phenoxy) is 1. The van der Waals surface area contributed by atoms with Crippen molar-refractivity contribution in [2.24, 2.45) is 0 Å². The Morgan fingerprint density at radius 1 is 1.40 bits per heavy atom. The van der Waals surface area contributed by atoms with Gasteiger partial charge < -0.3 is 14.8 Å². The van der Waals surface area contributed by atoms with Crippen LogP contribution < -0.4 is 9.46 Å². The zero-order valence-electron chi connectivity index (χ0n) is 10.6. The molecular weight excluding hydrogens is 304 g/mol. The van der Waals surface area contributed by atoms with E-state index in [1.54, 1.807) is 12.1 Å². The maximum atomic E-state index is 12.2. The molecule has 1 aromatic carbocycles. The van der Waals surface area contributed by atoms with Crippen molar-refractivity contribution >= 4 is 27.3 Å². The highest BCUT2D eigenvalue weighted by Crippen LogP contribution is 2.29. The number of hydrogen-bond donors (Lipinski definition) is 3. The van der Waals surface area contributed by atoms with Gasteiger partial charge in [0.2, 0.25) is 0 Å². The van der Waals surface area contributed by atoms with Gasteiger partial charge in [0.15, 0.2) is 0 Å². The molecule has 0 aliphatic heterocycles. The molecule has 0 aliphatic rings. The predicted molar refractivity (Wildman–Crippen MR) is 75.5 cm³/mol. The van der Waals surface area contributed by atoms with E-state index in [4.69, 9.17) is 21.4 Å². The molecule has 8 heteroatoms. The molecule has 0 spiro atoms. The van der Waals surface area contributed by atoms with Gasteiger partial charge in [0, 0.05) is 16.9 Å². The van der Waals surface area contributed by atoms with Crippen molar-refractivity contribution < 1.29 is 18.3 Å². The molecule has 0 saturated carbocycles. The van der Waals surface area contributed by atoms with E-state index in [0.717, 1.165) is 0 Å². The van der Waals surface area contributed by atoms with Crippen LogP contribution in [0.15, 0.2) is 35.4 Å². The molecule has 3 N–H and O–H groups in total. The topological polar surface area (TPSA) is 91.4 Å². The standard InChI is InChI=1S/C12H13ClN2O4S/c1-19-12-3-2-8(13)4-11(12)15-20(17,18)10-5-9(7-16)14-6-10/h2-6,14-16H,7H2,1H3. The number of halogens is 1. The summed E-state index contributed by atoms with van der Waals surface area (Å²) in [7, 11) is -2.35. The first-order valence-electron chi connectivity index (χ1n) is 5.61. The van der Waals surface area contributed by atoms with E-state index in [1.807, 2.05) is 0 Å². The number of sulfonamides is 1. The molecule has 0 atom stereocenters. The summed E-state index contributed by atoms with van der Waals surface area (Å²) in [5, 5.41) is 9.32. The first-order chi connectivity index (χ1) is 9.46. The first kappa shape index (κ1) is 14.7. The number of aliphatic hydroxyl groups is 1. The fraction of sp³-hybridized carbons (Fsp3) is 0.167. The third kappa shape index (κ3) is 3.06. The summed E-state index contributed by atoms with van der Waals surface area (Å²) in [5.74, 6) is 0.357. The fourth-order valence-corrected chi connectivity index (χ4v) is 2.88. The minimum absolute atomic E-state index is 0.0172. The van der Waals surface area contributed by atoms with Crippen molar-refractivity contribution in [1.29, 1.82) is 0 Å². The summed E-state index contributed by atoms with van der Waals surface area (Å²) in [4.78, 5) is 2.68. The van der Waals surface area contributed by atoms with Crippen LogP contribution in [-0.2, 0) is 16.6 Å². The number of hydrogen-bond acceptors (Lipinski definition) is 4. The molecule has 0 unspecified atom stereocenters. The van der Waals surface area contributed by atoms with Crippen LogP contribution in [0.3, 0.4) is 0 Å². The summed E-state index contributed by atoms with van der Waals surface area (Å²) < 4.78 is 31.9. The van der Waals surface area contributed by atoms with Gasteiger partial charge in [0.1, 0.15) is 10.6 Å². The van der Waals surface area contributed by atoms with E-state index in [1.165, 1.54) is 25.4 Å². The van der Waals surface area contributed by atoms with Crippen molar-refractivity contribution in [3.8, 4) is 5.75 Å². The van der Waals surface area contributed by atoms with Gasteiger partial charge in [0.25, 0.3) is 10.0 Å². The number of aromatic nitrogens is 1. The highest BCUT2D eigenvalue weighted by Gasteiger charge is 2.18. The van der Waals surface area contributed by atoms with Crippen LogP contribution in [0, 0.1) is 0 Å². The van der Waals surface area contributed by atoms with Gasteiger partial charge in [-0.3, -0.25) is 4.72 Å². The van der Waals surface area contributed by atoms with E-state index < -0.39 is 10.0 Å². The van der Waals surface area contributed by atoms with Crippen molar-refractivity contribution in [2.45, 2.75) is 11.5 Å². The zero-order chi connectivity index (χ0) is 14.8. The molecule has 2 rings (SSSR count). The minimum atomic E-state index is -3.78. The maximum absolute atomic E-state index is 12.2. The fourth-order valence-electron chi connectivity index (χ4n) is 1.63. The number of anilines is 1. The summed E-state index contributed by atoms with van der Waals surface area (Å²) >= 11 is 5.85. The van der Waals surface area contributed by atoms with Crippen LogP contribution in [0.25, 0.3) is 0 Å². The van der Waals surface area contributed by atoms with Crippen LogP contribution in [0.1, 0.15) is 5.69 Å². The van der Waals surface area contributed by atoms with Crippen LogP contribution in [0.5, 0.6) is 5.75 Å².